The van der Waals surface area contributed by atoms with E-state index in [2.05, 4.69) is 71.2 Å². The molecular weight excluding hydrogens is 434 g/mol. The second-order valence-electron chi connectivity index (χ2n) is 9.53. The molecule has 33 heavy (non-hydrogen) atoms. The van der Waals surface area contributed by atoms with Gasteiger partial charge in [0.15, 0.2) is 0 Å². The van der Waals surface area contributed by atoms with Crippen LogP contribution in [0.25, 0.3) is 11.0 Å². The number of carbonyl (C=O) groups is 1. The van der Waals surface area contributed by atoms with Crippen molar-refractivity contribution < 1.29 is 9.53 Å². The molecule has 4 rings (SSSR count). The van der Waals surface area contributed by atoms with Crippen LogP contribution in [0.1, 0.15) is 32.2 Å². The first-order valence-electron chi connectivity index (χ1n) is 11.3. The number of imidazole rings is 1. The molecule has 0 spiro atoms. The van der Waals surface area contributed by atoms with Crippen LogP contribution in [-0.2, 0) is 12.0 Å². The number of nitrogens with zero attached hydrogens (tertiary/aromatic N) is 4. The van der Waals surface area contributed by atoms with Gasteiger partial charge in [-0.05, 0) is 18.7 Å². The fraction of sp³-hybridized carbons (Fsp3) is 0.440. The van der Waals surface area contributed by atoms with Gasteiger partial charge in [-0.15, -0.1) is 0 Å². The van der Waals surface area contributed by atoms with Crippen molar-refractivity contribution in [3.05, 3.63) is 53.9 Å². The lowest BCUT2D eigenvalue weighted by Crippen LogP contribution is -2.41. The number of likely N-dealkylation sites (N-methyl/N-ethyl adjacent to an activating group) is 1. The number of aromatic nitrogens is 2. The summed E-state index contributed by atoms with van der Waals surface area (Å²) in [5, 5.41) is 2.94. The number of piperazine rings is 1. The van der Waals surface area contributed by atoms with Gasteiger partial charge in [0.2, 0.25) is 0 Å². The summed E-state index contributed by atoms with van der Waals surface area (Å²) in [4.78, 5) is 20.1. The van der Waals surface area contributed by atoms with Crippen LogP contribution in [0.2, 0.25) is 0 Å². The smallest absolute Gasteiger partial charge is 0.298 e. The number of ether oxygens (including phenoxy) is 1. The highest BCUT2D eigenvalue weighted by molar-refractivity contribution is 8.11. The maximum atomic E-state index is 12.8. The molecule has 0 atom stereocenters. The van der Waals surface area contributed by atoms with Crippen LogP contribution in [0, 0.1) is 0 Å². The lowest BCUT2D eigenvalue weighted by molar-refractivity contribution is 0.232. The number of hydrogen-bond acceptors (Lipinski definition) is 6. The molecule has 0 radical (unpaired) electrons. The Hall–Kier alpha value is -2.55. The van der Waals surface area contributed by atoms with Crippen molar-refractivity contribution in [2.24, 2.45) is 0 Å². The minimum absolute atomic E-state index is 0.109. The van der Waals surface area contributed by atoms with E-state index < -0.39 is 0 Å². The van der Waals surface area contributed by atoms with Crippen LogP contribution in [0.5, 0.6) is 5.75 Å². The number of amides is 1. The van der Waals surface area contributed by atoms with Crippen LogP contribution in [0.15, 0.2) is 42.5 Å². The molecule has 1 aliphatic heterocycles. The minimum atomic E-state index is -0.137. The third kappa shape index (κ3) is 5.51. The van der Waals surface area contributed by atoms with Crippen molar-refractivity contribution in [2.45, 2.75) is 32.7 Å². The average Bonchev–Trinajstić information content (AvgIpc) is 3.13. The molecule has 1 N–H and O–H groups in total. The van der Waals surface area contributed by atoms with E-state index in [1.807, 2.05) is 18.2 Å². The number of methoxy groups -OCH3 is 1. The monoisotopic (exact) mass is 467 g/mol. The summed E-state index contributed by atoms with van der Waals surface area (Å²) in [6, 6.07) is 14.3. The first kappa shape index (κ1) is 23.6. The van der Waals surface area contributed by atoms with Gasteiger partial charge in [0.25, 0.3) is 5.24 Å². The van der Waals surface area contributed by atoms with Crippen LogP contribution < -0.4 is 10.1 Å². The summed E-state index contributed by atoms with van der Waals surface area (Å²) in [6.07, 6.45) is 0. The largest absolute Gasteiger partial charge is 0.494 e. The summed E-state index contributed by atoms with van der Waals surface area (Å²) in [7, 11) is 3.72. The molecule has 1 fully saturated rings. The Morgan fingerprint density at radius 2 is 1.82 bits per heavy atom. The Kier molecular flexibility index (Phi) is 6.97. The van der Waals surface area contributed by atoms with E-state index in [0.717, 1.165) is 43.0 Å². The first-order valence-corrected chi connectivity index (χ1v) is 12.1. The van der Waals surface area contributed by atoms with Gasteiger partial charge in [-0.1, -0.05) is 51.1 Å². The predicted molar refractivity (Wildman–Crippen MR) is 136 cm³/mol. The van der Waals surface area contributed by atoms with E-state index >= 15 is 0 Å². The average molecular weight is 468 g/mol. The summed E-state index contributed by atoms with van der Waals surface area (Å²) < 4.78 is 9.97. The molecule has 1 amide bonds. The highest BCUT2D eigenvalue weighted by Crippen LogP contribution is 2.35. The van der Waals surface area contributed by atoms with Gasteiger partial charge in [-0.25, -0.2) is 9.29 Å². The zero-order chi connectivity index (χ0) is 23.6. The number of hydrogen-bond donors (Lipinski definition) is 1. The number of carbonyl (C=O) groups excluding carboxylic acids is 1. The van der Waals surface area contributed by atoms with E-state index in [0.29, 0.717) is 18.0 Å². The van der Waals surface area contributed by atoms with Gasteiger partial charge in [0.05, 0.1) is 23.8 Å². The first-order chi connectivity index (χ1) is 15.7. The third-order valence-corrected chi connectivity index (χ3v) is 6.73. The Balaban J connectivity index is 1.67. The van der Waals surface area contributed by atoms with Gasteiger partial charge in [0, 0.05) is 56.2 Å². The predicted octanol–water partition coefficient (Wildman–Crippen LogP) is 4.82. The summed E-state index contributed by atoms with van der Waals surface area (Å²) >= 11 is 1.24. The molecule has 0 saturated carbocycles. The topological polar surface area (TPSA) is 62.6 Å². The zero-order valence-electron chi connectivity index (χ0n) is 20.1. The van der Waals surface area contributed by atoms with Gasteiger partial charge in [0.1, 0.15) is 11.6 Å². The number of fused-ring (bicyclic) bond motifs is 1. The Labute approximate surface area is 200 Å². The minimum Gasteiger partial charge on any atom is -0.494 e. The van der Waals surface area contributed by atoms with E-state index in [4.69, 9.17) is 9.72 Å². The fourth-order valence-corrected chi connectivity index (χ4v) is 4.78. The standard InChI is InChI=1S/C25H33N5O2S/c1-25(2,3)23-26-19-16-22(32-5)20(27-24(31)33-29-13-11-28(4)12-14-29)15-21(19)30(23)17-18-9-7-6-8-10-18/h6-10,15-16H,11-14,17H2,1-5H3,(H,27,31). The molecule has 1 aromatic heterocycles. The molecule has 2 heterocycles. The van der Waals surface area contributed by atoms with Gasteiger partial charge in [-0.3, -0.25) is 4.79 Å². The molecule has 0 unspecified atom stereocenters. The quantitative estimate of drug-likeness (QED) is 0.543. The number of anilines is 1. The number of rotatable bonds is 5. The van der Waals surface area contributed by atoms with E-state index in [-0.39, 0.29) is 10.7 Å². The SMILES string of the molecule is COc1cc2nc(C(C)(C)C)n(Cc3ccccc3)c2cc1NC(=O)SN1CCN(C)CC1. The summed E-state index contributed by atoms with van der Waals surface area (Å²) in [6.45, 7) is 10.9. The van der Waals surface area contributed by atoms with Crippen LogP contribution in [0.3, 0.4) is 0 Å². The van der Waals surface area contributed by atoms with Crippen LogP contribution in [0.4, 0.5) is 10.5 Å². The van der Waals surface area contributed by atoms with E-state index in [1.54, 1.807) is 7.11 Å². The van der Waals surface area contributed by atoms with Crippen molar-refractivity contribution in [1.29, 1.82) is 0 Å². The number of benzene rings is 2. The lowest BCUT2D eigenvalue weighted by Gasteiger charge is -2.30. The Bertz CT molecular complexity index is 1120. The van der Waals surface area contributed by atoms with Gasteiger partial charge >= 0.3 is 0 Å². The van der Waals surface area contributed by atoms with Gasteiger partial charge < -0.3 is 19.5 Å². The summed E-state index contributed by atoms with van der Waals surface area (Å²) in [5.74, 6) is 1.61. The van der Waals surface area contributed by atoms with Crippen molar-refractivity contribution >= 4 is 33.9 Å². The molecule has 7 nitrogen and oxygen atoms in total. The molecule has 1 aliphatic rings. The van der Waals surface area contributed by atoms with Crippen molar-refractivity contribution in [1.82, 2.24) is 18.8 Å². The lowest BCUT2D eigenvalue weighted by atomic mass is 9.95. The van der Waals surface area contributed by atoms with Crippen molar-refractivity contribution in [2.75, 3.05) is 45.7 Å². The second kappa shape index (κ2) is 9.75. The third-order valence-electron chi connectivity index (χ3n) is 5.83. The maximum absolute atomic E-state index is 12.8. The maximum Gasteiger partial charge on any atom is 0.298 e. The van der Waals surface area contributed by atoms with E-state index in [1.165, 1.54) is 17.5 Å². The highest BCUT2D eigenvalue weighted by Gasteiger charge is 2.25. The summed E-state index contributed by atoms with van der Waals surface area (Å²) in [5.41, 5.74) is 3.56. The van der Waals surface area contributed by atoms with E-state index in [9.17, 15) is 4.79 Å². The molecule has 1 saturated heterocycles. The highest BCUT2D eigenvalue weighted by atomic mass is 32.2. The second-order valence-corrected chi connectivity index (χ2v) is 10.6. The normalized spacial score (nSPS) is 15.7. The molecule has 3 aromatic rings. The Morgan fingerprint density at radius 1 is 1.12 bits per heavy atom. The molecule has 0 aliphatic carbocycles. The van der Waals surface area contributed by atoms with Crippen molar-refractivity contribution in [3.8, 4) is 5.75 Å². The Morgan fingerprint density at radius 3 is 2.45 bits per heavy atom. The molecule has 2 aromatic carbocycles. The molecule has 176 valence electrons. The van der Waals surface area contributed by atoms with Gasteiger partial charge in [-0.2, -0.15) is 0 Å². The molecular formula is C25H33N5O2S. The zero-order valence-corrected chi connectivity index (χ0v) is 20.9. The fourth-order valence-electron chi connectivity index (χ4n) is 4.05. The van der Waals surface area contributed by atoms with Crippen LogP contribution >= 0.6 is 11.9 Å². The molecule has 0 bridgehead atoms. The van der Waals surface area contributed by atoms with Crippen molar-refractivity contribution in [3.63, 3.8) is 0 Å². The molecule has 8 heteroatoms. The van der Waals surface area contributed by atoms with Crippen LogP contribution in [-0.4, -0.2) is 64.3 Å². The number of nitrogens with one attached hydrogen (secondary N) is 1.